The first kappa shape index (κ1) is 11.0. The summed E-state index contributed by atoms with van der Waals surface area (Å²) in [6.07, 6.45) is 0.187. The average Bonchev–Trinajstić information content (AvgIpc) is 2.14. The van der Waals surface area contributed by atoms with E-state index in [1.54, 1.807) is 24.3 Å². The van der Waals surface area contributed by atoms with Crippen LogP contribution in [0.25, 0.3) is 0 Å². The zero-order chi connectivity index (χ0) is 10.6. The molecule has 0 aliphatic rings. The molecule has 0 heterocycles. The van der Waals surface area contributed by atoms with Gasteiger partial charge in [-0.25, -0.2) is 5.53 Å². The van der Waals surface area contributed by atoms with E-state index in [2.05, 4.69) is 5.11 Å². The van der Waals surface area contributed by atoms with E-state index in [4.69, 9.17) is 15.3 Å². The summed E-state index contributed by atoms with van der Waals surface area (Å²) in [7, 11) is -3.91. The van der Waals surface area contributed by atoms with Crippen molar-refractivity contribution in [2.75, 3.05) is 6.16 Å². The summed E-state index contributed by atoms with van der Waals surface area (Å²) in [5.74, 6) is 0. The summed E-state index contributed by atoms with van der Waals surface area (Å²) >= 11 is 0. The second-order valence-electron chi connectivity index (χ2n) is 2.92. The molecule has 0 saturated carbocycles. The van der Waals surface area contributed by atoms with Crippen LogP contribution < -0.4 is 0 Å². The molecule has 0 fully saturated rings. The Morgan fingerprint density at radius 3 is 2.29 bits per heavy atom. The Labute approximate surface area is 81.4 Å². The predicted molar refractivity (Wildman–Crippen MR) is 51.9 cm³/mol. The van der Waals surface area contributed by atoms with Gasteiger partial charge in [0, 0.05) is 0 Å². The third-order valence-corrected chi connectivity index (χ3v) is 2.56. The molecule has 0 saturated heterocycles. The Hall–Kier alpha value is -1.03. The zero-order valence-corrected chi connectivity index (χ0v) is 8.32. The Balaban J connectivity index is 2.60. The lowest BCUT2D eigenvalue weighted by atomic mass is 10.1. The Morgan fingerprint density at radius 2 is 1.86 bits per heavy atom. The molecule has 0 radical (unpaired) electrons. The minimum absolute atomic E-state index is 0.148. The van der Waals surface area contributed by atoms with Gasteiger partial charge in [-0.3, -0.25) is 4.57 Å². The molecule has 3 N–H and O–H groups in total. The van der Waals surface area contributed by atoms with Crippen molar-refractivity contribution in [1.29, 1.82) is 5.53 Å². The fourth-order valence-corrected chi connectivity index (χ4v) is 1.56. The molecule has 0 atom stereocenters. The number of nitrogens with zero attached hydrogens (tertiary/aromatic N) is 1. The Kier molecular flexibility index (Phi) is 3.52. The monoisotopic (exact) mass is 214 g/mol. The first-order valence-electron chi connectivity index (χ1n) is 4.02. The molecule has 6 heteroatoms. The SMILES string of the molecule is N=Nc1ccc(CCP(=O)(O)O)cc1. The first-order chi connectivity index (χ1) is 6.51. The van der Waals surface area contributed by atoms with Crippen LogP contribution in [0.1, 0.15) is 5.56 Å². The lowest BCUT2D eigenvalue weighted by Crippen LogP contribution is -1.92. The molecule has 1 aromatic rings. The van der Waals surface area contributed by atoms with Gasteiger partial charge >= 0.3 is 7.60 Å². The van der Waals surface area contributed by atoms with Crippen molar-refractivity contribution in [1.82, 2.24) is 0 Å². The van der Waals surface area contributed by atoms with Gasteiger partial charge in [-0.05, 0) is 24.1 Å². The van der Waals surface area contributed by atoms with Gasteiger partial charge in [0.25, 0.3) is 0 Å². The van der Waals surface area contributed by atoms with E-state index < -0.39 is 7.60 Å². The quantitative estimate of drug-likeness (QED) is 0.529. The van der Waals surface area contributed by atoms with E-state index >= 15 is 0 Å². The molecule has 0 aromatic heterocycles. The molecule has 0 amide bonds. The minimum Gasteiger partial charge on any atom is -0.324 e. The van der Waals surface area contributed by atoms with E-state index in [1.165, 1.54) is 0 Å². The largest absolute Gasteiger partial charge is 0.325 e. The Morgan fingerprint density at radius 1 is 1.29 bits per heavy atom. The van der Waals surface area contributed by atoms with Gasteiger partial charge in [0.2, 0.25) is 0 Å². The Bertz CT molecular complexity index is 357. The van der Waals surface area contributed by atoms with Crippen LogP contribution in [-0.4, -0.2) is 15.9 Å². The number of nitrogens with one attached hydrogen (secondary N) is 1. The van der Waals surface area contributed by atoms with Crippen LogP contribution in [0.2, 0.25) is 0 Å². The fraction of sp³-hybridized carbons (Fsp3) is 0.250. The van der Waals surface area contributed by atoms with Crippen LogP contribution in [-0.2, 0) is 11.0 Å². The highest BCUT2D eigenvalue weighted by molar-refractivity contribution is 7.51. The second-order valence-corrected chi connectivity index (χ2v) is 4.69. The summed E-state index contributed by atoms with van der Waals surface area (Å²) < 4.78 is 10.6. The summed E-state index contributed by atoms with van der Waals surface area (Å²) in [5.41, 5.74) is 8.08. The van der Waals surface area contributed by atoms with Crippen LogP contribution >= 0.6 is 7.60 Å². The van der Waals surface area contributed by atoms with Crippen molar-refractivity contribution in [2.45, 2.75) is 6.42 Å². The summed E-state index contributed by atoms with van der Waals surface area (Å²) in [4.78, 5) is 17.3. The molecule has 5 nitrogen and oxygen atoms in total. The molecule has 0 aliphatic carbocycles. The standard InChI is InChI=1S/C8H11N2O3P/c9-10-8-3-1-7(2-4-8)5-6-14(11,12)13/h1-4,9H,5-6H2,(H2,11,12,13). The van der Waals surface area contributed by atoms with E-state index in [0.717, 1.165) is 5.56 Å². The van der Waals surface area contributed by atoms with E-state index in [-0.39, 0.29) is 6.16 Å². The van der Waals surface area contributed by atoms with Gasteiger partial charge in [-0.2, -0.15) is 5.11 Å². The fourth-order valence-electron chi connectivity index (χ4n) is 1.01. The van der Waals surface area contributed by atoms with Crippen molar-refractivity contribution in [3.05, 3.63) is 29.8 Å². The van der Waals surface area contributed by atoms with Crippen LogP contribution in [0.4, 0.5) is 5.69 Å². The highest BCUT2D eigenvalue weighted by Crippen LogP contribution is 2.34. The van der Waals surface area contributed by atoms with Crippen molar-refractivity contribution in [3.8, 4) is 0 Å². The van der Waals surface area contributed by atoms with Gasteiger partial charge in [0.1, 0.15) is 0 Å². The molecule has 1 aromatic carbocycles. The van der Waals surface area contributed by atoms with Crippen molar-refractivity contribution in [3.63, 3.8) is 0 Å². The maximum absolute atomic E-state index is 10.6. The summed E-state index contributed by atoms with van der Waals surface area (Å²) in [5, 5.41) is 3.22. The maximum atomic E-state index is 10.6. The second kappa shape index (κ2) is 4.46. The maximum Gasteiger partial charge on any atom is 0.325 e. The lowest BCUT2D eigenvalue weighted by molar-refractivity contribution is 0.373. The van der Waals surface area contributed by atoms with Crippen LogP contribution in [0.3, 0.4) is 0 Å². The number of rotatable bonds is 4. The number of aryl methyl sites for hydroxylation is 1. The van der Waals surface area contributed by atoms with E-state index in [9.17, 15) is 4.57 Å². The van der Waals surface area contributed by atoms with Gasteiger partial charge in [-0.15, -0.1) is 0 Å². The smallest absolute Gasteiger partial charge is 0.324 e. The van der Waals surface area contributed by atoms with Crippen LogP contribution in [0.5, 0.6) is 0 Å². The van der Waals surface area contributed by atoms with Crippen LogP contribution in [0, 0.1) is 5.53 Å². The summed E-state index contributed by atoms with van der Waals surface area (Å²) in [6.45, 7) is 0. The zero-order valence-electron chi connectivity index (χ0n) is 7.42. The summed E-state index contributed by atoms with van der Waals surface area (Å²) in [6, 6.07) is 6.70. The highest BCUT2D eigenvalue weighted by atomic mass is 31.2. The molecule has 0 unspecified atom stereocenters. The predicted octanol–water partition coefficient (Wildman–Crippen LogP) is 2.07. The van der Waals surface area contributed by atoms with Gasteiger partial charge in [0.05, 0.1) is 11.8 Å². The molecule has 76 valence electrons. The number of hydrogen-bond acceptors (Lipinski definition) is 3. The van der Waals surface area contributed by atoms with Crippen molar-refractivity contribution >= 4 is 13.3 Å². The van der Waals surface area contributed by atoms with Gasteiger partial charge in [-0.1, -0.05) is 12.1 Å². The van der Waals surface area contributed by atoms with E-state index in [1.807, 2.05) is 0 Å². The molecular weight excluding hydrogens is 203 g/mol. The van der Waals surface area contributed by atoms with Crippen LogP contribution in [0.15, 0.2) is 29.4 Å². The third kappa shape index (κ3) is 3.79. The van der Waals surface area contributed by atoms with Crippen molar-refractivity contribution < 1.29 is 14.4 Å². The molecule has 0 aliphatic heterocycles. The highest BCUT2D eigenvalue weighted by Gasteiger charge is 2.11. The normalized spacial score (nSPS) is 11.3. The first-order valence-corrected chi connectivity index (χ1v) is 5.82. The molecule has 14 heavy (non-hydrogen) atoms. The number of hydrogen-bond donors (Lipinski definition) is 3. The number of benzene rings is 1. The third-order valence-electron chi connectivity index (χ3n) is 1.76. The average molecular weight is 214 g/mol. The minimum atomic E-state index is -3.91. The van der Waals surface area contributed by atoms with E-state index in [0.29, 0.717) is 12.1 Å². The van der Waals surface area contributed by atoms with Crippen molar-refractivity contribution in [2.24, 2.45) is 5.11 Å². The molecule has 1 rings (SSSR count). The van der Waals surface area contributed by atoms with Gasteiger partial charge in [0.15, 0.2) is 0 Å². The van der Waals surface area contributed by atoms with Gasteiger partial charge < -0.3 is 9.79 Å². The molecule has 0 bridgehead atoms. The topological polar surface area (TPSA) is 93.7 Å². The lowest BCUT2D eigenvalue weighted by Gasteiger charge is -2.03. The molecular formula is C8H11N2O3P. The molecule has 0 spiro atoms.